The first-order chi connectivity index (χ1) is 6.93. The van der Waals surface area contributed by atoms with Gasteiger partial charge in [0.2, 0.25) is 0 Å². The summed E-state index contributed by atoms with van der Waals surface area (Å²) in [5.74, 6) is 0. The van der Waals surface area contributed by atoms with Crippen LogP contribution in [0.2, 0.25) is 0 Å². The Morgan fingerprint density at radius 3 is 2.12 bits per heavy atom. The Morgan fingerprint density at radius 1 is 1.25 bits per heavy atom. The number of hydrogen-bond donors (Lipinski definition) is 1. The van der Waals surface area contributed by atoms with Crippen LogP contribution in [0.1, 0.15) is 11.1 Å². The van der Waals surface area contributed by atoms with Gasteiger partial charge in [-0.25, -0.2) is 6.29 Å². The van der Waals surface area contributed by atoms with Gasteiger partial charge in [0.05, 0.1) is 5.56 Å². The van der Waals surface area contributed by atoms with Crippen LogP contribution in [0.3, 0.4) is 0 Å². The minimum Gasteiger partial charge on any atom is -0.540 e. The maximum absolute atomic E-state index is 12.2. The molecule has 0 radical (unpaired) electrons. The Labute approximate surface area is 123 Å². The van der Waals surface area contributed by atoms with Crippen molar-refractivity contribution in [2.75, 3.05) is 0 Å². The quantitative estimate of drug-likeness (QED) is 0.716. The second kappa shape index (κ2) is 6.64. The summed E-state index contributed by atoms with van der Waals surface area (Å²) in [5.41, 5.74) is 5.15. The molecule has 0 spiro atoms. The average molecular weight is 448 g/mol. The molecule has 6 heteroatoms. The van der Waals surface area contributed by atoms with Crippen LogP contribution in [0, 0.1) is 39.9 Å². The van der Waals surface area contributed by atoms with Crippen molar-refractivity contribution in [3.63, 3.8) is 0 Å². The molecule has 1 rings (SSSR count). The number of hydrogen-bond acceptors (Lipinski definition) is 2. The number of benzene rings is 1. The van der Waals surface area contributed by atoms with E-state index in [-0.39, 0.29) is 46.4 Å². The number of alkyl halides is 3. The van der Waals surface area contributed by atoms with Crippen LogP contribution in [0.5, 0.6) is 0 Å². The summed E-state index contributed by atoms with van der Waals surface area (Å²) in [5, 5.41) is 0. The van der Waals surface area contributed by atoms with Crippen LogP contribution in [0.4, 0.5) is 13.2 Å². The molecule has 0 aliphatic heterocycles. The van der Waals surface area contributed by atoms with Gasteiger partial charge in [-0.2, -0.15) is 13.2 Å². The van der Waals surface area contributed by atoms with Crippen LogP contribution in [-0.4, -0.2) is 12.3 Å². The first-order valence-electron chi connectivity index (χ1n) is 4.23. The smallest absolute Gasteiger partial charge is 0.416 e. The summed E-state index contributed by atoms with van der Waals surface area (Å²) < 4.78 is 36.5. The van der Waals surface area contributed by atoms with Crippen molar-refractivity contribution in [3.8, 4) is 0 Å². The van der Waals surface area contributed by atoms with Gasteiger partial charge in [0, 0.05) is 39.9 Å². The normalized spacial score (nSPS) is 12.8. The molecule has 0 saturated heterocycles. The summed E-state index contributed by atoms with van der Waals surface area (Å²) >= 11 is 0. The van der Waals surface area contributed by atoms with E-state index in [2.05, 4.69) is 0 Å². The van der Waals surface area contributed by atoms with Crippen molar-refractivity contribution in [2.45, 2.75) is 18.6 Å². The zero-order valence-electron chi connectivity index (χ0n) is 8.21. The number of nitrogens with two attached hydrogens (primary N) is 1. The Hall–Kier alpha value is -0.0353. The summed E-state index contributed by atoms with van der Waals surface area (Å²) in [7, 11) is 0. The number of carbonyl (C=O) groups excluding carboxylic acids is 1. The van der Waals surface area contributed by atoms with Crippen LogP contribution in [0.25, 0.3) is 0 Å². The molecule has 86 valence electrons. The molecule has 0 aliphatic rings. The van der Waals surface area contributed by atoms with Gasteiger partial charge in [0.15, 0.2) is 0 Å². The van der Waals surface area contributed by atoms with E-state index in [0.29, 0.717) is 5.56 Å². The van der Waals surface area contributed by atoms with E-state index in [1.54, 1.807) is 6.29 Å². The molecule has 2 nitrogen and oxygen atoms in total. The van der Waals surface area contributed by atoms with E-state index in [4.69, 9.17) is 5.73 Å². The predicted octanol–water partition coefficient (Wildman–Crippen LogP) is 1.68. The molecule has 0 fully saturated rings. The van der Waals surface area contributed by atoms with E-state index in [1.165, 1.54) is 12.1 Å². The third-order valence-corrected chi connectivity index (χ3v) is 1.89. The standard InChI is InChI=1S/C10H9F3NO.Th/c11-10(12,13)8-3-1-7(2-4-8)5-9(14)6-15;/h1-4,9H,5,14H2;/q-1;/t9-;/m1./s1. The maximum atomic E-state index is 12.2. The molecular formula is C10H9F3NOTh-. The van der Waals surface area contributed by atoms with Crippen LogP contribution >= 0.6 is 0 Å². The maximum Gasteiger partial charge on any atom is 0.416 e. The molecule has 1 aromatic carbocycles. The van der Waals surface area contributed by atoms with Crippen molar-refractivity contribution in [3.05, 3.63) is 35.4 Å². The van der Waals surface area contributed by atoms with Gasteiger partial charge in [-0.1, -0.05) is 18.2 Å². The molecule has 0 aromatic heterocycles. The molecule has 0 bridgehead atoms. The molecule has 1 atom stereocenters. The first-order valence-corrected chi connectivity index (χ1v) is 4.23. The summed E-state index contributed by atoms with van der Waals surface area (Å²) in [6, 6.07) is 3.75. The van der Waals surface area contributed by atoms with Crippen molar-refractivity contribution in [2.24, 2.45) is 5.73 Å². The monoisotopic (exact) mass is 448 g/mol. The molecule has 1 aromatic rings. The second-order valence-corrected chi connectivity index (χ2v) is 3.12. The van der Waals surface area contributed by atoms with Gasteiger partial charge in [0.25, 0.3) is 0 Å². The molecule has 0 amide bonds. The fraction of sp³-hybridized carbons (Fsp3) is 0.300. The van der Waals surface area contributed by atoms with E-state index in [1.807, 2.05) is 0 Å². The Balaban J connectivity index is 0.00000225. The molecule has 2 N–H and O–H groups in total. The van der Waals surface area contributed by atoms with Crippen LogP contribution in [0.15, 0.2) is 24.3 Å². The Morgan fingerprint density at radius 2 is 1.75 bits per heavy atom. The van der Waals surface area contributed by atoms with E-state index in [0.717, 1.165) is 12.1 Å². The molecule has 16 heavy (non-hydrogen) atoms. The Kier molecular flexibility index (Phi) is 6.63. The van der Waals surface area contributed by atoms with Gasteiger partial charge >= 0.3 is 6.18 Å². The Bertz CT molecular complexity index is 337. The summed E-state index contributed by atoms with van der Waals surface area (Å²) in [6.45, 7) is 0. The third-order valence-electron chi connectivity index (χ3n) is 1.89. The first kappa shape index (κ1) is 16.0. The van der Waals surface area contributed by atoms with Gasteiger partial charge in [0.1, 0.15) is 0 Å². The van der Waals surface area contributed by atoms with Gasteiger partial charge in [-0.15, -0.1) is 0 Å². The summed E-state index contributed by atoms with van der Waals surface area (Å²) in [4.78, 5) is 10.1. The molecule has 0 saturated carbocycles. The van der Waals surface area contributed by atoms with Crippen molar-refractivity contribution in [1.29, 1.82) is 0 Å². The fourth-order valence-corrected chi connectivity index (χ4v) is 1.13. The summed E-state index contributed by atoms with van der Waals surface area (Å²) in [6.07, 6.45) is -2.58. The van der Waals surface area contributed by atoms with Gasteiger partial charge < -0.3 is 10.5 Å². The fourth-order valence-electron chi connectivity index (χ4n) is 1.13. The van der Waals surface area contributed by atoms with Gasteiger partial charge in [-0.05, 0) is 24.1 Å². The topological polar surface area (TPSA) is 43.1 Å². The second-order valence-electron chi connectivity index (χ2n) is 3.12. The molecule has 0 aliphatic carbocycles. The number of halogens is 3. The van der Waals surface area contributed by atoms with Crippen LogP contribution in [-0.2, 0) is 17.4 Å². The zero-order chi connectivity index (χ0) is 11.5. The van der Waals surface area contributed by atoms with E-state index < -0.39 is 17.8 Å². The van der Waals surface area contributed by atoms with Crippen molar-refractivity contribution < 1.29 is 57.9 Å². The average Bonchev–Trinajstić information content (AvgIpc) is 2.17. The van der Waals surface area contributed by atoms with E-state index in [9.17, 15) is 18.0 Å². The van der Waals surface area contributed by atoms with Crippen molar-refractivity contribution in [1.82, 2.24) is 0 Å². The van der Waals surface area contributed by atoms with Crippen LogP contribution < -0.4 is 5.73 Å². The predicted molar refractivity (Wildman–Crippen MR) is 48.8 cm³/mol. The van der Waals surface area contributed by atoms with Gasteiger partial charge in [-0.3, -0.25) is 0 Å². The zero-order valence-corrected chi connectivity index (χ0v) is 12.3. The van der Waals surface area contributed by atoms with E-state index >= 15 is 0 Å². The van der Waals surface area contributed by atoms with Crippen molar-refractivity contribution >= 4 is 6.29 Å². The SMILES string of the molecule is N[C@@H]([C-]=O)Cc1ccc(C(F)(F)F)cc1.[Th]. The molecule has 0 heterocycles. The number of rotatable bonds is 3. The minimum atomic E-state index is -4.34. The largest absolute Gasteiger partial charge is 0.540 e. The minimum absolute atomic E-state index is 0. The molecule has 0 unspecified atom stereocenters. The molecular weight excluding hydrogens is 439 g/mol. The third kappa shape index (κ3) is 4.87.